The number of nitrogens with zero attached hydrogens (tertiary/aromatic N) is 2. The second-order valence-corrected chi connectivity index (χ2v) is 5.34. The highest BCUT2D eigenvalue weighted by molar-refractivity contribution is 5.73. The van der Waals surface area contributed by atoms with Gasteiger partial charge in [-0.1, -0.05) is 6.92 Å². The Bertz CT molecular complexity index is 261. The number of nitrogens with one attached hydrogen (secondary N) is 1. The Morgan fingerprint density at radius 2 is 2.33 bits per heavy atom. The fourth-order valence-electron chi connectivity index (χ4n) is 2.50. The topological polar surface area (TPSA) is 55.8 Å². The Labute approximate surface area is 110 Å². The normalized spacial score (nSPS) is 22.6. The number of aliphatic carboxylic acids is 1. The van der Waals surface area contributed by atoms with Crippen molar-refractivity contribution in [3.05, 3.63) is 0 Å². The summed E-state index contributed by atoms with van der Waals surface area (Å²) < 4.78 is 0. The summed E-state index contributed by atoms with van der Waals surface area (Å²) in [7, 11) is 4.16. The van der Waals surface area contributed by atoms with Crippen LogP contribution in [-0.4, -0.2) is 73.2 Å². The van der Waals surface area contributed by atoms with Crippen molar-refractivity contribution in [3.8, 4) is 0 Å². The van der Waals surface area contributed by atoms with Gasteiger partial charge in [0.15, 0.2) is 0 Å². The second-order valence-electron chi connectivity index (χ2n) is 5.34. The molecule has 1 heterocycles. The lowest BCUT2D eigenvalue weighted by Crippen LogP contribution is -2.47. The zero-order chi connectivity index (χ0) is 13.5. The van der Waals surface area contributed by atoms with Crippen LogP contribution in [0.3, 0.4) is 0 Å². The SMILES string of the molecule is CCCNC(CN(C)CC1CCCN1C)C(=O)O. The molecular weight excluding hydrogens is 230 g/mol. The largest absolute Gasteiger partial charge is 0.480 e. The number of carbonyl (C=O) groups is 1. The highest BCUT2D eigenvalue weighted by atomic mass is 16.4. The number of carboxylic acids is 1. The molecule has 18 heavy (non-hydrogen) atoms. The van der Waals surface area contributed by atoms with Crippen LogP contribution in [-0.2, 0) is 4.79 Å². The van der Waals surface area contributed by atoms with Gasteiger partial charge in [-0.25, -0.2) is 0 Å². The lowest BCUT2D eigenvalue weighted by Gasteiger charge is -2.27. The number of carboxylic acid groups (broad SMARTS) is 1. The fourth-order valence-corrected chi connectivity index (χ4v) is 2.50. The van der Waals surface area contributed by atoms with Crippen LogP contribution < -0.4 is 5.32 Å². The highest BCUT2D eigenvalue weighted by Gasteiger charge is 2.24. The smallest absolute Gasteiger partial charge is 0.322 e. The minimum Gasteiger partial charge on any atom is -0.480 e. The number of likely N-dealkylation sites (N-methyl/N-ethyl adjacent to an activating group) is 2. The van der Waals surface area contributed by atoms with Crippen molar-refractivity contribution in [1.82, 2.24) is 15.1 Å². The summed E-state index contributed by atoms with van der Waals surface area (Å²) in [5.74, 6) is -0.755. The van der Waals surface area contributed by atoms with Crippen LogP contribution in [0.25, 0.3) is 0 Å². The summed E-state index contributed by atoms with van der Waals surface area (Å²) in [5, 5.41) is 12.2. The van der Waals surface area contributed by atoms with E-state index in [-0.39, 0.29) is 0 Å². The molecular formula is C13H27N3O2. The minimum atomic E-state index is -0.755. The molecule has 2 atom stereocenters. The van der Waals surface area contributed by atoms with E-state index in [2.05, 4.69) is 22.2 Å². The monoisotopic (exact) mass is 257 g/mol. The maximum Gasteiger partial charge on any atom is 0.322 e. The molecule has 1 fully saturated rings. The molecule has 0 saturated carbocycles. The first-order chi connectivity index (χ1) is 8.54. The van der Waals surface area contributed by atoms with E-state index in [1.165, 1.54) is 12.8 Å². The molecule has 106 valence electrons. The Balaban J connectivity index is 2.35. The molecule has 0 amide bonds. The van der Waals surface area contributed by atoms with E-state index in [1.807, 2.05) is 14.0 Å². The van der Waals surface area contributed by atoms with Gasteiger partial charge >= 0.3 is 5.97 Å². The first-order valence-corrected chi connectivity index (χ1v) is 6.89. The predicted octanol–water partition coefficient (Wildman–Crippen LogP) is 0.465. The standard InChI is InChI=1S/C13H27N3O2/c1-4-7-14-12(13(17)18)10-15(2)9-11-6-5-8-16(11)3/h11-12,14H,4-10H2,1-3H3,(H,17,18). The third-order valence-electron chi connectivity index (χ3n) is 3.63. The maximum atomic E-state index is 11.1. The first-order valence-electron chi connectivity index (χ1n) is 6.89. The molecule has 0 aromatic rings. The number of likely N-dealkylation sites (tertiary alicyclic amines) is 1. The van der Waals surface area contributed by atoms with Crippen LogP contribution in [0.4, 0.5) is 0 Å². The summed E-state index contributed by atoms with van der Waals surface area (Å²) in [5.41, 5.74) is 0. The average Bonchev–Trinajstić information content (AvgIpc) is 2.70. The molecule has 1 aliphatic rings. The van der Waals surface area contributed by atoms with Crippen LogP contribution in [0.1, 0.15) is 26.2 Å². The zero-order valence-electron chi connectivity index (χ0n) is 11.9. The van der Waals surface area contributed by atoms with Gasteiger partial charge in [0.2, 0.25) is 0 Å². The molecule has 5 nitrogen and oxygen atoms in total. The second kappa shape index (κ2) is 7.71. The lowest BCUT2D eigenvalue weighted by atomic mass is 10.2. The van der Waals surface area contributed by atoms with Gasteiger partial charge < -0.3 is 20.2 Å². The van der Waals surface area contributed by atoms with Crippen molar-refractivity contribution in [3.63, 3.8) is 0 Å². The molecule has 0 aromatic carbocycles. The molecule has 5 heteroatoms. The van der Waals surface area contributed by atoms with E-state index in [9.17, 15) is 4.79 Å². The van der Waals surface area contributed by atoms with Gasteiger partial charge in [-0.05, 0) is 46.4 Å². The van der Waals surface area contributed by atoms with E-state index in [0.717, 1.165) is 26.1 Å². The predicted molar refractivity (Wildman–Crippen MR) is 72.9 cm³/mol. The van der Waals surface area contributed by atoms with Crippen molar-refractivity contribution in [2.45, 2.75) is 38.3 Å². The van der Waals surface area contributed by atoms with Crippen LogP contribution in [0.15, 0.2) is 0 Å². The van der Waals surface area contributed by atoms with Crippen LogP contribution in [0.2, 0.25) is 0 Å². The minimum absolute atomic E-state index is 0.457. The molecule has 0 bridgehead atoms. The fraction of sp³-hybridized carbons (Fsp3) is 0.923. The number of rotatable bonds is 8. The van der Waals surface area contributed by atoms with E-state index >= 15 is 0 Å². The number of hydrogen-bond acceptors (Lipinski definition) is 4. The van der Waals surface area contributed by atoms with Gasteiger partial charge in [-0.2, -0.15) is 0 Å². The van der Waals surface area contributed by atoms with Gasteiger partial charge in [0, 0.05) is 19.1 Å². The first kappa shape index (κ1) is 15.4. The number of hydrogen-bond donors (Lipinski definition) is 2. The van der Waals surface area contributed by atoms with Gasteiger partial charge in [0.1, 0.15) is 6.04 Å². The third kappa shape index (κ3) is 4.92. The summed E-state index contributed by atoms with van der Waals surface area (Å²) in [6, 6.07) is 0.122. The Hall–Kier alpha value is -0.650. The molecule has 2 unspecified atom stereocenters. The average molecular weight is 257 g/mol. The summed E-state index contributed by atoms with van der Waals surface area (Å²) >= 11 is 0. The Morgan fingerprint density at radius 1 is 1.61 bits per heavy atom. The summed E-state index contributed by atoms with van der Waals surface area (Å²) in [4.78, 5) is 15.6. The molecule has 0 spiro atoms. The van der Waals surface area contributed by atoms with E-state index in [4.69, 9.17) is 5.11 Å². The van der Waals surface area contributed by atoms with Crippen molar-refractivity contribution in [2.24, 2.45) is 0 Å². The van der Waals surface area contributed by atoms with Crippen LogP contribution in [0.5, 0.6) is 0 Å². The lowest BCUT2D eigenvalue weighted by molar-refractivity contribution is -0.140. The van der Waals surface area contributed by atoms with Crippen molar-refractivity contribution in [2.75, 3.05) is 40.3 Å². The van der Waals surface area contributed by atoms with E-state index in [0.29, 0.717) is 12.6 Å². The van der Waals surface area contributed by atoms with Gasteiger partial charge in [-0.3, -0.25) is 4.79 Å². The maximum absolute atomic E-state index is 11.1. The van der Waals surface area contributed by atoms with Gasteiger partial charge in [0.05, 0.1) is 0 Å². The van der Waals surface area contributed by atoms with E-state index in [1.54, 1.807) is 0 Å². The third-order valence-corrected chi connectivity index (χ3v) is 3.63. The van der Waals surface area contributed by atoms with Crippen molar-refractivity contribution < 1.29 is 9.90 Å². The van der Waals surface area contributed by atoms with E-state index < -0.39 is 12.0 Å². The van der Waals surface area contributed by atoms with Crippen LogP contribution >= 0.6 is 0 Å². The van der Waals surface area contributed by atoms with Gasteiger partial charge in [-0.15, -0.1) is 0 Å². The summed E-state index contributed by atoms with van der Waals surface area (Å²) in [6.45, 7) is 5.49. The molecule has 1 rings (SSSR count). The van der Waals surface area contributed by atoms with Crippen LogP contribution in [0, 0.1) is 0 Å². The quantitative estimate of drug-likeness (QED) is 0.662. The molecule has 1 aliphatic heterocycles. The zero-order valence-corrected chi connectivity index (χ0v) is 11.9. The van der Waals surface area contributed by atoms with Crippen molar-refractivity contribution in [1.29, 1.82) is 0 Å². The van der Waals surface area contributed by atoms with Gasteiger partial charge in [0.25, 0.3) is 0 Å². The summed E-state index contributed by atoms with van der Waals surface area (Å²) in [6.07, 6.45) is 3.44. The van der Waals surface area contributed by atoms with Crippen molar-refractivity contribution >= 4 is 5.97 Å². The molecule has 0 aliphatic carbocycles. The molecule has 2 N–H and O–H groups in total. The highest BCUT2D eigenvalue weighted by Crippen LogP contribution is 2.15. The molecule has 0 radical (unpaired) electrons. The Morgan fingerprint density at radius 3 is 2.83 bits per heavy atom. The Kier molecular flexibility index (Phi) is 6.60. The molecule has 1 saturated heterocycles. The molecule has 0 aromatic heterocycles.